The fourth-order valence-electron chi connectivity index (χ4n) is 4.13. The lowest BCUT2D eigenvalue weighted by molar-refractivity contribution is 0.0762. The van der Waals surface area contributed by atoms with Crippen LogP contribution in [-0.4, -0.2) is 58.1 Å². The van der Waals surface area contributed by atoms with Crippen molar-refractivity contribution < 1.29 is 4.74 Å². The molecular weight excluding hydrogens is 324 g/mol. The van der Waals surface area contributed by atoms with Gasteiger partial charge in [0, 0.05) is 44.6 Å². The molecule has 2 saturated heterocycles. The van der Waals surface area contributed by atoms with Crippen LogP contribution in [0.25, 0.3) is 0 Å². The van der Waals surface area contributed by atoms with Gasteiger partial charge >= 0.3 is 6.01 Å². The smallest absolute Gasteiger partial charge is 0.316 e. The molecule has 2 fully saturated rings. The molecule has 0 bridgehead atoms. The van der Waals surface area contributed by atoms with Crippen molar-refractivity contribution in [1.82, 2.24) is 19.8 Å². The molecule has 5 heteroatoms. The van der Waals surface area contributed by atoms with Crippen LogP contribution in [-0.2, 0) is 6.54 Å². The summed E-state index contributed by atoms with van der Waals surface area (Å²) < 4.78 is 5.91. The highest BCUT2D eigenvalue weighted by molar-refractivity contribution is 5.14. The summed E-state index contributed by atoms with van der Waals surface area (Å²) in [6, 6.07) is 13.9. The van der Waals surface area contributed by atoms with Gasteiger partial charge in [-0.15, -0.1) is 0 Å². The summed E-state index contributed by atoms with van der Waals surface area (Å²) in [5.74, 6) is 0. The van der Waals surface area contributed by atoms with Crippen molar-refractivity contribution in [2.24, 2.45) is 0 Å². The Bertz CT molecular complexity index is 658. The lowest BCUT2D eigenvalue weighted by atomic mass is 10.1. The van der Waals surface area contributed by atoms with Gasteiger partial charge < -0.3 is 9.64 Å². The van der Waals surface area contributed by atoms with Crippen molar-refractivity contribution in [1.29, 1.82) is 0 Å². The molecule has 0 N–H and O–H groups in total. The van der Waals surface area contributed by atoms with Crippen molar-refractivity contribution in [2.45, 2.75) is 44.4 Å². The van der Waals surface area contributed by atoms with Gasteiger partial charge in [0.1, 0.15) is 6.10 Å². The van der Waals surface area contributed by atoms with Crippen LogP contribution in [0.2, 0.25) is 0 Å². The molecule has 5 nitrogen and oxygen atoms in total. The van der Waals surface area contributed by atoms with E-state index in [2.05, 4.69) is 50.1 Å². The number of aromatic nitrogens is 2. The summed E-state index contributed by atoms with van der Waals surface area (Å²) in [5, 5.41) is 0. The van der Waals surface area contributed by atoms with Crippen molar-refractivity contribution in [3.8, 4) is 6.01 Å². The third-order valence-electron chi connectivity index (χ3n) is 5.55. The molecule has 0 unspecified atom stereocenters. The maximum Gasteiger partial charge on any atom is 0.316 e. The van der Waals surface area contributed by atoms with Crippen molar-refractivity contribution in [3.63, 3.8) is 0 Å². The monoisotopic (exact) mass is 352 g/mol. The average Bonchev–Trinajstić information content (AvgIpc) is 3.12. The van der Waals surface area contributed by atoms with E-state index >= 15 is 0 Å². The minimum absolute atomic E-state index is 0.248. The first-order chi connectivity index (χ1) is 12.9. The van der Waals surface area contributed by atoms with E-state index in [4.69, 9.17) is 4.74 Å². The van der Waals surface area contributed by atoms with Gasteiger partial charge in [0.05, 0.1) is 0 Å². The molecule has 138 valence electrons. The lowest BCUT2D eigenvalue weighted by Gasteiger charge is -2.35. The van der Waals surface area contributed by atoms with E-state index in [9.17, 15) is 0 Å². The van der Waals surface area contributed by atoms with Crippen molar-refractivity contribution >= 4 is 0 Å². The van der Waals surface area contributed by atoms with Gasteiger partial charge in [-0.05, 0) is 43.9 Å². The number of likely N-dealkylation sites (tertiary alicyclic amines) is 2. The molecule has 1 atom stereocenters. The largest absolute Gasteiger partial charge is 0.460 e. The zero-order valence-electron chi connectivity index (χ0n) is 15.3. The Morgan fingerprint density at radius 2 is 1.69 bits per heavy atom. The normalized spacial score (nSPS) is 22.5. The number of hydrogen-bond donors (Lipinski definition) is 0. The summed E-state index contributed by atoms with van der Waals surface area (Å²) in [6.45, 7) is 5.70. The molecule has 2 aliphatic rings. The number of ether oxygens (including phenoxy) is 1. The second-order valence-electron chi connectivity index (χ2n) is 7.40. The molecular formula is C21H28N4O. The summed E-state index contributed by atoms with van der Waals surface area (Å²) in [6.07, 6.45) is 8.48. The summed E-state index contributed by atoms with van der Waals surface area (Å²) >= 11 is 0. The van der Waals surface area contributed by atoms with Crippen LogP contribution in [0.5, 0.6) is 6.01 Å². The van der Waals surface area contributed by atoms with E-state index in [1.807, 2.05) is 6.07 Å². The third kappa shape index (κ3) is 4.59. The van der Waals surface area contributed by atoms with E-state index in [0.717, 1.165) is 32.5 Å². The van der Waals surface area contributed by atoms with Gasteiger partial charge in [-0.1, -0.05) is 30.3 Å². The Balaban J connectivity index is 1.24. The molecule has 4 rings (SSSR count). The molecule has 0 spiro atoms. The van der Waals surface area contributed by atoms with Gasteiger partial charge in [0.25, 0.3) is 0 Å². The predicted molar refractivity (Wildman–Crippen MR) is 102 cm³/mol. The van der Waals surface area contributed by atoms with E-state index in [0.29, 0.717) is 12.1 Å². The standard InChI is InChI=1S/C21H28N4O/c1-2-6-18(7-3-1)16-25-13-4-8-19(25)17-24-14-9-20(10-15-24)26-21-22-11-5-12-23-21/h1-3,5-7,11-12,19-20H,4,8-10,13-17H2/t19-/m1/s1. The Kier molecular flexibility index (Phi) is 5.77. The summed E-state index contributed by atoms with van der Waals surface area (Å²) in [4.78, 5) is 13.6. The number of hydrogen-bond acceptors (Lipinski definition) is 5. The maximum atomic E-state index is 5.91. The van der Waals surface area contributed by atoms with Crippen LogP contribution in [0, 0.1) is 0 Å². The van der Waals surface area contributed by atoms with Crippen LogP contribution in [0.4, 0.5) is 0 Å². The van der Waals surface area contributed by atoms with Gasteiger partial charge in [-0.3, -0.25) is 4.90 Å². The Hall–Kier alpha value is -1.98. The Morgan fingerprint density at radius 1 is 0.923 bits per heavy atom. The molecule has 26 heavy (non-hydrogen) atoms. The van der Waals surface area contributed by atoms with E-state index < -0.39 is 0 Å². The highest BCUT2D eigenvalue weighted by Gasteiger charge is 2.29. The van der Waals surface area contributed by atoms with Gasteiger partial charge in [0.15, 0.2) is 0 Å². The predicted octanol–water partition coefficient (Wildman–Crippen LogP) is 2.98. The van der Waals surface area contributed by atoms with Crippen LogP contribution in [0.1, 0.15) is 31.2 Å². The minimum Gasteiger partial charge on any atom is -0.460 e. The van der Waals surface area contributed by atoms with Gasteiger partial charge in [0.2, 0.25) is 0 Å². The molecule has 0 amide bonds. The first-order valence-corrected chi connectivity index (χ1v) is 9.81. The highest BCUT2D eigenvalue weighted by atomic mass is 16.5. The van der Waals surface area contributed by atoms with Crippen LogP contribution >= 0.6 is 0 Å². The zero-order chi connectivity index (χ0) is 17.6. The number of rotatable bonds is 6. The van der Waals surface area contributed by atoms with Crippen LogP contribution < -0.4 is 4.74 Å². The molecule has 2 aromatic rings. The minimum atomic E-state index is 0.248. The second kappa shape index (κ2) is 8.60. The highest BCUT2D eigenvalue weighted by Crippen LogP contribution is 2.23. The fraction of sp³-hybridized carbons (Fsp3) is 0.524. The average molecular weight is 352 g/mol. The zero-order valence-corrected chi connectivity index (χ0v) is 15.3. The first kappa shape index (κ1) is 17.4. The topological polar surface area (TPSA) is 41.5 Å². The molecule has 0 saturated carbocycles. The van der Waals surface area contributed by atoms with Gasteiger partial charge in [-0.2, -0.15) is 0 Å². The summed E-state index contributed by atoms with van der Waals surface area (Å²) in [7, 11) is 0. The summed E-state index contributed by atoms with van der Waals surface area (Å²) in [5.41, 5.74) is 1.43. The van der Waals surface area contributed by atoms with Crippen LogP contribution in [0.15, 0.2) is 48.8 Å². The number of benzene rings is 1. The quantitative estimate of drug-likeness (QED) is 0.799. The molecule has 3 heterocycles. The molecule has 2 aliphatic heterocycles. The Labute approximate surface area is 156 Å². The molecule has 0 aliphatic carbocycles. The number of nitrogens with zero attached hydrogens (tertiary/aromatic N) is 4. The van der Waals surface area contributed by atoms with Gasteiger partial charge in [-0.25, -0.2) is 9.97 Å². The first-order valence-electron chi connectivity index (χ1n) is 9.81. The Morgan fingerprint density at radius 3 is 2.46 bits per heavy atom. The van der Waals surface area contributed by atoms with Crippen molar-refractivity contribution in [2.75, 3.05) is 26.2 Å². The lowest BCUT2D eigenvalue weighted by Crippen LogP contribution is -2.45. The fourth-order valence-corrected chi connectivity index (χ4v) is 4.13. The van der Waals surface area contributed by atoms with E-state index in [1.165, 1.54) is 31.5 Å². The molecule has 1 aromatic carbocycles. The second-order valence-corrected chi connectivity index (χ2v) is 7.40. The van der Waals surface area contributed by atoms with Crippen molar-refractivity contribution in [3.05, 3.63) is 54.4 Å². The third-order valence-corrected chi connectivity index (χ3v) is 5.55. The molecule has 0 radical (unpaired) electrons. The molecule has 1 aromatic heterocycles. The van der Waals surface area contributed by atoms with Crippen LogP contribution in [0.3, 0.4) is 0 Å². The SMILES string of the molecule is c1ccc(CN2CCC[C@@H]2CN2CCC(Oc3ncccn3)CC2)cc1. The number of piperidine rings is 1. The van der Waals surface area contributed by atoms with E-state index in [-0.39, 0.29) is 6.10 Å². The van der Waals surface area contributed by atoms with E-state index in [1.54, 1.807) is 12.4 Å². The maximum absolute atomic E-state index is 5.91.